The molecular weight excluding hydrogens is 865 g/mol. The third kappa shape index (κ3) is 9.14. The third-order valence-electron chi connectivity index (χ3n) is 13.3. The summed E-state index contributed by atoms with van der Waals surface area (Å²) in [5.41, 5.74) is 15.5. The zero-order chi connectivity index (χ0) is 47.6. The average Bonchev–Trinajstić information content (AvgIpc) is 3.40. The van der Waals surface area contributed by atoms with Crippen LogP contribution < -0.4 is 18.3 Å². The quantitative estimate of drug-likeness (QED) is 0.169. The maximum absolute atomic E-state index is 12.9. The van der Waals surface area contributed by atoms with E-state index in [4.69, 9.17) is 0 Å². The predicted octanol–water partition coefficient (Wildman–Crippen LogP) is 10.7. The summed E-state index contributed by atoms with van der Waals surface area (Å²) < 4.78 is 8.54. The van der Waals surface area contributed by atoms with Crippen molar-refractivity contribution in [1.82, 2.24) is 0 Å². The van der Waals surface area contributed by atoms with Gasteiger partial charge in [0.25, 0.3) is 0 Å². The first-order chi connectivity index (χ1) is 34.3. The molecule has 17 heterocycles. The molecule has 4 aromatic heterocycles. The summed E-state index contributed by atoms with van der Waals surface area (Å²) in [6.07, 6.45) is 16.6. The number of nitrogens with zero attached hydrogens (tertiary/aromatic N) is 4. The molecule has 8 heteroatoms. The zero-order valence-corrected chi connectivity index (χ0v) is 38.3. The summed E-state index contributed by atoms with van der Waals surface area (Å²) >= 11 is 0. The summed E-state index contributed by atoms with van der Waals surface area (Å²) in [7, 11) is 0. The van der Waals surface area contributed by atoms with Crippen LogP contribution in [0.2, 0.25) is 0 Å². The Hall–Kier alpha value is -9.14. The number of rotatable bonds is 2. The molecule has 0 radical (unpaired) electrons. The minimum absolute atomic E-state index is 0.285. The molecule has 2 N–H and O–H groups in total. The highest BCUT2D eigenvalue weighted by Gasteiger charge is 2.21. The molecule has 0 saturated carbocycles. The van der Waals surface area contributed by atoms with E-state index in [1.807, 2.05) is 84.9 Å². The van der Waals surface area contributed by atoms with Crippen LogP contribution in [0.25, 0.3) is 66.8 Å². The van der Waals surface area contributed by atoms with E-state index >= 15 is 0 Å². The molecule has 0 saturated heterocycles. The summed E-state index contributed by atoms with van der Waals surface area (Å²) in [5, 5.41) is 21.1. The minimum Gasteiger partial charge on any atom is -0.478 e. The van der Waals surface area contributed by atoms with Crippen molar-refractivity contribution in [1.29, 1.82) is 0 Å². The molecule has 10 aromatic rings. The molecule has 6 aromatic carbocycles. The minimum atomic E-state index is -0.961. The van der Waals surface area contributed by atoms with Crippen molar-refractivity contribution in [3.63, 3.8) is 0 Å². The lowest BCUT2D eigenvalue weighted by atomic mass is 9.91. The second-order valence-electron chi connectivity index (χ2n) is 17.9. The van der Waals surface area contributed by atoms with Gasteiger partial charge in [0.2, 0.25) is 0 Å². The van der Waals surface area contributed by atoms with Gasteiger partial charge in [0, 0.05) is 70.8 Å². The summed E-state index contributed by atoms with van der Waals surface area (Å²) in [6, 6.07) is 60.9. The van der Waals surface area contributed by atoms with Crippen LogP contribution in [-0.4, -0.2) is 22.2 Å². The van der Waals surface area contributed by atoms with E-state index in [9.17, 15) is 19.8 Å². The van der Waals surface area contributed by atoms with Crippen LogP contribution in [0.3, 0.4) is 0 Å². The molecule has 23 rings (SSSR count). The lowest BCUT2D eigenvalue weighted by Crippen LogP contribution is -2.33. The molecule has 13 aliphatic rings. The highest BCUT2D eigenvalue weighted by atomic mass is 16.4. The summed E-state index contributed by atoms with van der Waals surface area (Å²) in [5.74, 6) is -1.92. The second-order valence-corrected chi connectivity index (χ2v) is 17.9. The van der Waals surface area contributed by atoms with Gasteiger partial charge in [0.1, 0.15) is 0 Å². The number of aromatic carboxylic acids is 2. The Morgan fingerprint density at radius 1 is 0.271 bits per heavy atom. The molecule has 0 spiro atoms. The van der Waals surface area contributed by atoms with Crippen molar-refractivity contribution in [2.24, 2.45) is 0 Å². The van der Waals surface area contributed by atoms with Gasteiger partial charge in [-0.05, 0) is 66.8 Å². The Morgan fingerprint density at radius 2 is 0.471 bits per heavy atom. The number of carbonyl (C=O) groups is 2. The van der Waals surface area contributed by atoms with Gasteiger partial charge in [-0.15, -0.1) is 0 Å². The molecule has 0 fully saturated rings. The van der Waals surface area contributed by atoms with Gasteiger partial charge >= 0.3 is 11.9 Å². The van der Waals surface area contributed by atoms with Gasteiger partial charge in [-0.1, -0.05) is 133 Å². The standard InChI is InChI=1S/C62H46N4O4/c67-61(68)59-55-3-1-4-56(59)52-17-9-44(10-18-52)40-64-33-25-48(26-34-64)50-29-37-66(38-30-50)42-46-13-21-54(22-14-46)58-6-2-5-57(60(58)62(69)70)53-19-11-45(12-20-53)41-65-35-27-49(28-36-65)47-23-31-63(32-24-47)39-43-7-15-51(55)16-8-43/h1-38H,39-42H2/q+2/p+2. The molecule has 336 valence electrons. The number of aromatic nitrogens is 4. The Morgan fingerprint density at radius 3 is 0.657 bits per heavy atom. The fourth-order valence-corrected chi connectivity index (χ4v) is 9.55. The van der Waals surface area contributed by atoms with E-state index < -0.39 is 11.9 Å². The number of carboxylic acids is 2. The fourth-order valence-electron chi connectivity index (χ4n) is 9.55. The molecule has 13 aliphatic heterocycles. The SMILES string of the molecule is O=C(O)c1c2cccc1-c1ccc(cc1)C[n+]1ccc(cc1)-c1cc[n+](cc1)Cc1ccc(cc1)-c1cccc(c1C(=O)O)-c1ccc(cc1)C[n+]1ccc(cc1)-c1cc[n+](cc1)Cc1ccc-2cc1. The molecule has 0 unspecified atom stereocenters. The van der Waals surface area contributed by atoms with Gasteiger partial charge in [-0.2, -0.15) is 0 Å². The van der Waals surface area contributed by atoms with Crippen LogP contribution in [-0.2, 0) is 26.2 Å². The van der Waals surface area contributed by atoms with Crippen LogP contribution in [0.1, 0.15) is 43.0 Å². The van der Waals surface area contributed by atoms with Crippen LogP contribution >= 0.6 is 0 Å². The molecule has 8 nitrogen and oxygen atoms in total. The monoisotopic (exact) mass is 912 g/mol. The van der Waals surface area contributed by atoms with E-state index in [1.54, 1.807) is 0 Å². The first-order valence-electron chi connectivity index (χ1n) is 23.3. The van der Waals surface area contributed by atoms with Gasteiger partial charge in [0.15, 0.2) is 75.8 Å². The number of pyridine rings is 4. The van der Waals surface area contributed by atoms with E-state index in [0.29, 0.717) is 48.4 Å². The van der Waals surface area contributed by atoms with Crippen molar-refractivity contribution in [3.05, 3.63) is 265 Å². The highest BCUT2D eigenvalue weighted by molar-refractivity contribution is 6.04. The van der Waals surface area contributed by atoms with Crippen LogP contribution in [0.15, 0.2) is 232 Å². The Balaban J connectivity index is 0.898. The van der Waals surface area contributed by atoms with Gasteiger partial charge in [0.05, 0.1) is 11.1 Å². The maximum Gasteiger partial charge on any atom is 0.336 e. The first-order valence-corrected chi connectivity index (χ1v) is 23.3. The predicted molar refractivity (Wildman–Crippen MR) is 269 cm³/mol. The smallest absolute Gasteiger partial charge is 0.336 e. The average molecular weight is 913 g/mol. The van der Waals surface area contributed by atoms with Crippen LogP contribution in [0.4, 0.5) is 0 Å². The normalized spacial score (nSPS) is 12.0. The number of carboxylic acid groups (broad SMARTS) is 2. The lowest BCUT2D eigenvalue weighted by molar-refractivity contribution is -0.688. The van der Waals surface area contributed by atoms with Crippen LogP contribution in [0.5, 0.6) is 0 Å². The number of benzene rings is 6. The molecule has 70 heavy (non-hydrogen) atoms. The van der Waals surface area contributed by atoms with E-state index in [-0.39, 0.29) is 11.1 Å². The zero-order valence-electron chi connectivity index (χ0n) is 38.3. The number of hydrogen-bond donors (Lipinski definition) is 2. The summed E-state index contributed by atoms with van der Waals surface area (Å²) in [4.78, 5) is 25.8. The first kappa shape index (κ1) is 43.4. The van der Waals surface area contributed by atoms with Crippen LogP contribution in [0, 0.1) is 0 Å². The number of hydrogen-bond acceptors (Lipinski definition) is 2. The Kier molecular flexibility index (Phi) is 11.7. The molecule has 0 aliphatic carbocycles. The largest absolute Gasteiger partial charge is 0.478 e. The Bertz CT molecular complexity index is 3060. The summed E-state index contributed by atoms with van der Waals surface area (Å²) in [6.45, 7) is 2.66. The second kappa shape index (κ2) is 18.9. The van der Waals surface area contributed by atoms with Crippen molar-refractivity contribution < 1.29 is 38.1 Å². The third-order valence-corrected chi connectivity index (χ3v) is 13.3. The van der Waals surface area contributed by atoms with E-state index in [2.05, 4.69) is 165 Å². The lowest BCUT2D eigenvalue weighted by Gasteiger charge is -2.13. The van der Waals surface area contributed by atoms with E-state index in [0.717, 1.165) is 66.8 Å². The van der Waals surface area contributed by atoms with Crippen molar-refractivity contribution in [2.75, 3.05) is 0 Å². The van der Waals surface area contributed by atoms with Gasteiger partial charge < -0.3 is 10.2 Å². The topological polar surface area (TPSA) is 90.1 Å². The van der Waals surface area contributed by atoms with Gasteiger partial charge in [-0.25, -0.2) is 27.9 Å². The van der Waals surface area contributed by atoms with Crippen molar-refractivity contribution in [2.45, 2.75) is 26.2 Å². The molecule has 0 atom stereocenters. The molecule has 0 amide bonds. The maximum atomic E-state index is 12.9. The van der Waals surface area contributed by atoms with Gasteiger partial charge in [-0.3, -0.25) is 0 Å². The van der Waals surface area contributed by atoms with E-state index in [1.165, 1.54) is 0 Å². The molecule has 20 bridgehead atoms. The van der Waals surface area contributed by atoms with Crippen molar-refractivity contribution in [3.8, 4) is 66.8 Å². The van der Waals surface area contributed by atoms with Crippen molar-refractivity contribution >= 4 is 11.9 Å². The fraction of sp³-hybridized carbons (Fsp3) is 0.0645. The Labute approximate surface area is 406 Å². The highest BCUT2D eigenvalue weighted by Crippen LogP contribution is 2.35. The molecular formula is C62H48N4O4+4.